The standard InChI is InChI=1S/C21H26F3N5O3/c1-11(2)29-19(32-16-7-12(3)6-15(8-16)21(22,23)24)26-18(27-29)25-17-13-4-5-14(17)10-28(9-13)20(30)31/h6-8,11,13-14,17H,4-5,9-10H2,1-3H3,(H,25,27)(H,30,31)/t13-,14+,17?. The van der Waals surface area contributed by atoms with Gasteiger partial charge in [0, 0.05) is 19.1 Å². The van der Waals surface area contributed by atoms with Gasteiger partial charge in [0.15, 0.2) is 0 Å². The molecule has 1 unspecified atom stereocenters. The van der Waals surface area contributed by atoms with Gasteiger partial charge in [0.25, 0.3) is 0 Å². The zero-order valence-electron chi connectivity index (χ0n) is 18.1. The number of amides is 1. The van der Waals surface area contributed by atoms with Crippen LogP contribution in [0, 0.1) is 18.8 Å². The summed E-state index contributed by atoms with van der Waals surface area (Å²) in [5.41, 5.74) is -0.367. The molecule has 1 aliphatic carbocycles. The van der Waals surface area contributed by atoms with Gasteiger partial charge < -0.3 is 20.1 Å². The minimum absolute atomic E-state index is 0.0352. The second-order valence-corrected chi connectivity index (χ2v) is 8.85. The fraction of sp³-hybridized carbons (Fsp3) is 0.571. The number of nitrogens with one attached hydrogen (secondary N) is 1. The molecule has 1 aromatic carbocycles. The Balaban J connectivity index is 1.55. The number of aryl methyl sites for hydroxylation is 1. The van der Waals surface area contributed by atoms with Crippen LogP contribution in [0.1, 0.15) is 43.9 Å². The average molecular weight is 453 g/mol. The number of rotatable bonds is 5. The third-order valence-corrected chi connectivity index (χ3v) is 6.08. The van der Waals surface area contributed by atoms with Crippen molar-refractivity contribution in [3.05, 3.63) is 29.3 Å². The molecule has 1 aliphatic heterocycles. The van der Waals surface area contributed by atoms with Crippen molar-refractivity contribution in [2.45, 2.75) is 51.9 Å². The van der Waals surface area contributed by atoms with Crippen molar-refractivity contribution >= 4 is 12.0 Å². The molecular weight excluding hydrogens is 427 g/mol. The minimum atomic E-state index is -4.48. The fourth-order valence-electron chi connectivity index (χ4n) is 4.62. The van der Waals surface area contributed by atoms with E-state index >= 15 is 0 Å². The lowest BCUT2D eigenvalue weighted by Gasteiger charge is -2.36. The number of anilines is 1. The molecule has 4 rings (SSSR count). The minimum Gasteiger partial charge on any atom is -0.465 e. The van der Waals surface area contributed by atoms with E-state index in [4.69, 9.17) is 4.74 Å². The van der Waals surface area contributed by atoms with Crippen LogP contribution in [-0.4, -0.2) is 50.0 Å². The predicted molar refractivity (Wildman–Crippen MR) is 110 cm³/mol. The number of ether oxygens (including phenoxy) is 1. The molecule has 2 fully saturated rings. The number of piperidine rings is 1. The average Bonchev–Trinajstić information content (AvgIpc) is 3.17. The van der Waals surface area contributed by atoms with Gasteiger partial charge in [0.05, 0.1) is 11.6 Å². The molecule has 0 radical (unpaired) electrons. The second-order valence-electron chi connectivity index (χ2n) is 8.85. The Bertz CT molecular complexity index is 993. The third-order valence-electron chi connectivity index (χ3n) is 6.08. The van der Waals surface area contributed by atoms with Crippen LogP contribution in [0.4, 0.5) is 23.9 Å². The Hall–Kier alpha value is -2.98. The highest BCUT2D eigenvalue weighted by Gasteiger charge is 2.44. The number of halogens is 3. The molecule has 1 aromatic heterocycles. The number of carbonyl (C=O) groups is 1. The van der Waals surface area contributed by atoms with E-state index in [2.05, 4.69) is 15.4 Å². The van der Waals surface area contributed by atoms with E-state index in [1.54, 1.807) is 6.92 Å². The van der Waals surface area contributed by atoms with Gasteiger partial charge in [0.2, 0.25) is 5.95 Å². The normalized spacial score (nSPS) is 23.0. The van der Waals surface area contributed by atoms with Gasteiger partial charge in [-0.1, -0.05) is 0 Å². The van der Waals surface area contributed by atoms with Crippen molar-refractivity contribution in [2.75, 3.05) is 18.4 Å². The summed E-state index contributed by atoms with van der Waals surface area (Å²) in [7, 11) is 0. The number of fused-ring (bicyclic) bond motifs is 2. The van der Waals surface area contributed by atoms with Crippen molar-refractivity contribution in [1.29, 1.82) is 0 Å². The molecule has 2 aliphatic rings. The summed E-state index contributed by atoms with van der Waals surface area (Å²) in [5, 5.41) is 17.1. The molecule has 0 spiro atoms. The number of hydrogen-bond donors (Lipinski definition) is 2. The van der Waals surface area contributed by atoms with Crippen LogP contribution >= 0.6 is 0 Å². The lowest BCUT2D eigenvalue weighted by molar-refractivity contribution is -0.137. The number of carboxylic acid groups (broad SMARTS) is 1. The summed E-state index contributed by atoms with van der Waals surface area (Å²) in [4.78, 5) is 17.2. The summed E-state index contributed by atoms with van der Waals surface area (Å²) in [6.45, 7) is 6.24. The molecule has 11 heteroatoms. The van der Waals surface area contributed by atoms with E-state index in [9.17, 15) is 23.1 Å². The van der Waals surface area contributed by atoms with Gasteiger partial charge in [0.1, 0.15) is 5.75 Å². The van der Waals surface area contributed by atoms with E-state index in [0.717, 1.165) is 25.0 Å². The summed E-state index contributed by atoms with van der Waals surface area (Å²) in [6, 6.07) is 3.52. The highest BCUT2D eigenvalue weighted by Crippen LogP contribution is 2.39. The Morgan fingerprint density at radius 3 is 2.44 bits per heavy atom. The number of benzene rings is 1. The molecule has 2 N–H and O–H groups in total. The maximum Gasteiger partial charge on any atom is 0.416 e. The summed E-state index contributed by atoms with van der Waals surface area (Å²) in [6.07, 6.45) is -3.55. The van der Waals surface area contributed by atoms with Gasteiger partial charge in [-0.25, -0.2) is 9.48 Å². The quantitative estimate of drug-likeness (QED) is 0.677. The van der Waals surface area contributed by atoms with E-state index in [-0.39, 0.29) is 35.7 Å². The van der Waals surface area contributed by atoms with E-state index in [1.807, 2.05) is 13.8 Å². The highest BCUT2D eigenvalue weighted by molar-refractivity contribution is 5.65. The second kappa shape index (κ2) is 8.18. The molecule has 8 nitrogen and oxygen atoms in total. The summed E-state index contributed by atoms with van der Waals surface area (Å²) < 4.78 is 46.8. The number of alkyl halides is 3. The molecule has 3 atom stereocenters. The Labute approximate surface area is 183 Å². The van der Waals surface area contributed by atoms with E-state index < -0.39 is 17.8 Å². The topological polar surface area (TPSA) is 92.5 Å². The summed E-state index contributed by atoms with van der Waals surface area (Å²) in [5.74, 6) is 0.675. The molecule has 2 bridgehead atoms. The lowest BCUT2D eigenvalue weighted by atomic mass is 9.92. The zero-order valence-corrected chi connectivity index (χ0v) is 18.1. The van der Waals surface area contributed by atoms with Gasteiger partial charge in [-0.2, -0.15) is 18.2 Å². The summed E-state index contributed by atoms with van der Waals surface area (Å²) >= 11 is 0. The van der Waals surface area contributed by atoms with Crippen molar-refractivity contribution < 1.29 is 27.8 Å². The first-order chi connectivity index (χ1) is 15.0. The maximum absolute atomic E-state index is 13.2. The fourth-order valence-corrected chi connectivity index (χ4v) is 4.62. The van der Waals surface area contributed by atoms with Crippen LogP contribution < -0.4 is 10.1 Å². The smallest absolute Gasteiger partial charge is 0.416 e. The molecule has 32 heavy (non-hydrogen) atoms. The van der Waals surface area contributed by atoms with Gasteiger partial charge >= 0.3 is 18.3 Å². The largest absolute Gasteiger partial charge is 0.465 e. The van der Waals surface area contributed by atoms with E-state index in [1.165, 1.54) is 15.6 Å². The first-order valence-corrected chi connectivity index (χ1v) is 10.6. The van der Waals surface area contributed by atoms with Crippen molar-refractivity contribution in [3.63, 3.8) is 0 Å². The van der Waals surface area contributed by atoms with Crippen molar-refractivity contribution in [2.24, 2.45) is 11.8 Å². The first kappa shape index (κ1) is 22.2. The molecule has 174 valence electrons. The zero-order chi connectivity index (χ0) is 23.2. The van der Waals surface area contributed by atoms with Crippen LogP contribution in [0.5, 0.6) is 11.8 Å². The highest BCUT2D eigenvalue weighted by atomic mass is 19.4. The molecule has 2 heterocycles. The molecular formula is C21H26F3N5O3. The van der Waals surface area contributed by atoms with Gasteiger partial charge in [-0.15, -0.1) is 5.10 Å². The van der Waals surface area contributed by atoms with Crippen molar-refractivity contribution in [3.8, 4) is 11.8 Å². The molecule has 2 aromatic rings. The molecule has 1 saturated heterocycles. The van der Waals surface area contributed by atoms with Crippen molar-refractivity contribution in [1.82, 2.24) is 19.7 Å². The lowest BCUT2D eigenvalue weighted by Crippen LogP contribution is -2.49. The maximum atomic E-state index is 13.2. The van der Waals surface area contributed by atoms with Crippen LogP contribution in [0.15, 0.2) is 18.2 Å². The number of likely N-dealkylation sites (tertiary alicyclic amines) is 1. The predicted octanol–water partition coefficient (Wildman–Crippen LogP) is 4.78. The monoisotopic (exact) mass is 453 g/mol. The third kappa shape index (κ3) is 4.46. The first-order valence-electron chi connectivity index (χ1n) is 10.6. The molecule has 1 saturated carbocycles. The SMILES string of the molecule is Cc1cc(Oc2nc(NC3[C@@H]4CC[C@H]3CN(C(=O)O)C4)nn2C(C)C)cc(C(F)(F)F)c1. The Morgan fingerprint density at radius 2 is 1.88 bits per heavy atom. The van der Waals surface area contributed by atoms with Crippen LogP contribution in [0.25, 0.3) is 0 Å². The molecule has 1 amide bonds. The number of hydrogen-bond acceptors (Lipinski definition) is 5. The van der Waals surface area contributed by atoms with E-state index in [0.29, 0.717) is 24.6 Å². The van der Waals surface area contributed by atoms with Gasteiger partial charge in [-0.05, 0) is 69.2 Å². The Morgan fingerprint density at radius 1 is 1.22 bits per heavy atom. The van der Waals surface area contributed by atoms with Crippen LogP contribution in [0.2, 0.25) is 0 Å². The Kier molecular flexibility index (Phi) is 5.68. The number of nitrogens with zero attached hydrogens (tertiary/aromatic N) is 4. The van der Waals surface area contributed by atoms with Crippen LogP contribution in [0.3, 0.4) is 0 Å². The van der Waals surface area contributed by atoms with Gasteiger partial charge in [-0.3, -0.25) is 0 Å². The van der Waals surface area contributed by atoms with Crippen LogP contribution in [-0.2, 0) is 6.18 Å². The number of aromatic nitrogens is 3.